The first-order valence-electron chi connectivity index (χ1n) is 9.57. The molecule has 0 amide bonds. The highest BCUT2D eigenvalue weighted by atomic mass is 16.5. The van der Waals surface area contributed by atoms with Crippen LogP contribution in [-0.4, -0.2) is 48.4 Å². The number of hydrogen-bond donors (Lipinski definition) is 0. The van der Waals surface area contributed by atoms with Crippen LogP contribution in [0.2, 0.25) is 0 Å². The first-order valence-corrected chi connectivity index (χ1v) is 9.57. The van der Waals surface area contributed by atoms with Gasteiger partial charge in [0.1, 0.15) is 18.1 Å². The third-order valence-corrected chi connectivity index (χ3v) is 4.60. The summed E-state index contributed by atoms with van der Waals surface area (Å²) in [6.45, 7) is 5.35. The number of methoxy groups -OCH3 is 1. The molecule has 1 aromatic carbocycles. The van der Waals surface area contributed by atoms with Gasteiger partial charge in [0, 0.05) is 31.8 Å². The number of nitrogens with zero attached hydrogens (tertiary/aromatic N) is 4. The van der Waals surface area contributed by atoms with E-state index in [1.165, 1.54) is 0 Å². The molecule has 0 unspecified atom stereocenters. The van der Waals surface area contributed by atoms with Gasteiger partial charge in [-0.25, -0.2) is 9.97 Å². The van der Waals surface area contributed by atoms with Crippen LogP contribution >= 0.6 is 0 Å². The Hall–Kier alpha value is -2.97. The first-order chi connectivity index (χ1) is 14.2. The second kappa shape index (κ2) is 9.02. The molecule has 29 heavy (non-hydrogen) atoms. The van der Waals surface area contributed by atoms with Crippen molar-refractivity contribution in [2.75, 3.05) is 38.3 Å². The average Bonchev–Trinajstić information content (AvgIpc) is 3.14. The smallest absolute Gasteiger partial charge is 0.229 e. The lowest BCUT2D eigenvalue weighted by Crippen LogP contribution is -2.37. The molecule has 4 rings (SSSR count). The van der Waals surface area contributed by atoms with E-state index in [2.05, 4.69) is 19.9 Å². The van der Waals surface area contributed by atoms with E-state index in [9.17, 15) is 0 Å². The maximum absolute atomic E-state index is 5.95. The molecule has 0 bridgehead atoms. The van der Waals surface area contributed by atoms with Crippen LogP contribution in [0.15, 0.2) is 40.8 Å². The van der Waals surface area contributed by atoms with Crippen LogP contribution in [0.4, 0.5) is 5.95 Å². The zero-order chi connectivity index (χ0) is 20.1. The Bertz CT molecular complexity index is 939. The Labute approximate surface area is 169 Å². The summed E-state index contributed by atoms with van der Waals surface area (Å²) in [6, 6.07) is 11.6. The number of benzene rings is 1. The zero-order valence-corrected chi connectivity index (χ0v) is 16.6. The van der Waals surface area contributed by atoms with Crippen LogP contribution in [0.25, 0.3) is 11.5 Å². The molecular weight excluding hydrogens is 372 g/mol. The Balaban J connectivity index is 1.51. The van der Waals surface area contributed by atoms with E-state index in [1.54, 1.807) is 13.2 Å². The summed E-state index contributed by atoms with van der Waals surface area (Å²) in [5, 5.41) is 0. The molecule has 0 N–H and O–H groups in total. The molecule has 3 heterocycles. The fraction of sp³-hybridized carbons (Fsp3) is 0.381. The monoisotopic (exact) mass is 396 g/mol. The molecule has 1 fully saturated rings. The number of rotatable bonds is 7. The third kappa shape index (κ3) is 4.72. The third-order valence-electron chi connectivity index (χ3n) is 4.60. The van der Waals surface area contributed by atoms with Crippen LogP contribution in [0.3, 0.4) is 0 Å². The van der Waals surface area contributed by atoms with E-state index < -0.39 is 0 Å². The van der Waals surface area contributed by atoms with Crippen molar-refractivity contribution in [3.05, 3.63) is 53.5 Å². The van der Waals surface area contributed by atoms with Gasteiger partial charge in [-0.1, -0.05) is 18.2 Å². The second-order valence-electron chi connectivity index (χ2n) is 6.71. The first kappa shape index (κ1) is 19.4. The Morgan fingerprint density at radius 3 is 2.59 bits per heavy atom. The van der Waals surface area contributed by atoms with Crippen molar-refractivity contribution in [2.24, 2.45) is 0 Å². The van der Waals surface area contributed by atoms with Crippen LogP contribution < -0.4 is 9.64 Å². The molecule has 1 saturated heterocycles. The largest absolute Gasteiger partial charge is 0.471 e. The molecule has 8 heteroatoms. The molecule has 1 aliphatic rings. The minimum atomic E-state index is 0.258. The summed E-state index contributed by atoms with van der Waals surface area (Å²) in [5.41, 5.74) is 2.44. The Morgan fingerprint density at radius 1 is 1.03 bits per heavy atom. The molecule has 1 aliphatic heterocycles. The number of morpholine rings is 1. The molecule has 0 saturated carbocycles. The highest BCUT2D eigenvalue weighted by molar-refractivity contribution is 5.53. The Kier molecular flexibility index (Phi) is 6.02. The van der Waals surface area contributed by atoms with E-state index in [0.717, 1.165) is 35.8 Å². The van der Waals surface area contributed by atoms with Crippen molar-refractivity contribution in [1.29, 1.82) is 0 Å². The number of anilines is 1. The minimum Gasteiger partial charge on any atom is -0.471 e. The predicted molar refractivity (Wildman–Crippen MR) is 107 cm³/mol. The van der Waals surface area contributed by atoms with Gasteiger partial charge >= 0.3 is 0 Å². The summed E-state index contributed by atoms with van der Waals surface area (Å²) < 4.78 is 22.4. The number of ether oxygens (including phenoxy) is 3. The van der Waals surface area contributed by atoms with Crippen molar-refractivity contribution in [3.63, 3.8) is 0 Å². The number of oxazole rings is 1. The lowest BCUT2D eigenvalue weighted by molar-refractivity contribution is 0.121. The van der Waals surface area contributed by atoms with Gasteiger partial charge in [0.2, 0.25) is 17.7 Å². The van der Waals surface area contributed by atoms with Gasteiger partial charge < -0.3 is 23.5 Å². The SMILES string of the molecule is COCc1cc(OCc2nc(-c3ccccc3)oc2C)nc(N2CCOCC2)n1. The lowest BCUT2D eigenvalue weighted by Gasteiger charge is -2.27. The molecule has 2 aromatic heterocycles. The number of hydrogen-bond acceptors (Lipinski definition) is 8. The normalized spacial score (nSPS) is 14.2. The highest BCUT2D eigenvalue weighted by Crippen LogP contribution is 2.23. The quantitative estimate of drug-likeness (QED) is 0.603. The summed E-state index contributed by atoms with van der Waals surface area (Å²) in [7, 11) is 1.64. The lowest BCUT2D eigenvalue weighted by atomic mass is 10.2. The molecule has 0 radical (unpaired) electrons. The average molecular weight is 396 g/mol. The summed E-state index contributed by atoms with van der Waals surface area (Å²) in [6.07, 6.45) is 0. The van der Waals surface area contributed by atoms with Crippen molar-refractivity contribution >= 4 is 5.95 Å². The van der Waals surface area contributed by atoms with E-state index in [-0.39, 0.29) is 6.61 Å². The van der Waals surface area contributed by atoms with Crippen LogP contribution in [0, 0.1) is 6.92 Å². The van der Waals surface area contributed by atoms with Crippen molar-refractivity contribution in [2.45, 2.75) is 20.1 Å². The van der Waals surface area contributed by atoms with Gasteiger partial charge in [-0.3, -0.25) is 0 Å². The van der Waals surface area contributed by atoms with Crippen molar-refractivity contribution in [3.8, 4) is 17.3 Å². The van der Waals surface area contributed by atoms with Gasteiger partial charge in [0.05, 0.1) is 25.5 Å². The van der Waals surface area contributed by atoms with Gasteiger partial charge in [-0.05, 0) is 19.1 Å². The number of aromatic nitrogens is 3. The minimum absolute atomic E-state index is 0.258. The van der Waals surface area contributed by atoms with E-state index >= 15 is 0 Å². The van der Waals surface area contributed by atoms with Gasteiger partial charge in [-0.2, -0.15) is 4.98 Å². The second-order valence-corrected chi connectivity index (χ2v) is 6.71. The van der Waals surface area contributed by atoms with Crippen LogP contribution in [-0.2, 0) is 22.7 Å². The van der Waals surface area contributed by atoms with E-state index in [4.69, 9.17) is 18.6 Å². The van der Waals surface area contributed by atoms with Gasteiger partial charge in [0.25, 0.3) is 0 Å². The maximum Gasteiger partial charge on any atom is 0.229 e. The molecule has 0 aliphatic carbocycles. The molecule has 8 nitrogen and oxygen atoms in total. The zero-order valence-electron chi connectivity index (χ0n) is 16.6. The fourth-order valence-electron chi connectivity index (χ4n) is 3.07. The van der Waals surface area contributed by atoms with Crippen LogP contribution in [0.1, 0.15) is 17.1 Å². The maximum atomic E-state index is 5.95. The van der Waals surface area contributed by atoms with Crippen molar-refractivity contribution < 1.29 is 18.6 Å². The molecule has 3 aromatic rings. The van der Waals surface area contributed by atoms with Gasteiger partial charge in [0.15, 0.2) is 0 Å². The summed E-state index contributed by atoms with van der Waals surface area (Å²) >= 11 is 0. The van der Waals surface area contributed by atoms with E-state index in [1.807, 2.05) is 37.3 Å². The van der Waals surface area contributed by atoms with Gasteiger partial charge in [-0.15, -0.1) is 0 Å². The van der Waals surface area contributed by atoms with Crippen LogP contribution in [0.5, 0.6) is 5.88 Å². The molecule has 152 valence electrons. The van der Waals surface area contributed by atoms with Crippen molar-refractivity contribution in [1.82, 2.24) is 15.0 Å². The summed E-state index contributed by atoms with van der Waals surface area (Å²) in [5.74, 6) is 2.42. The highest BCUT2D eigenvalue weighted by Gasteiger charge is 2.17. The molecule has 0 spiro atoms. The van der Waals surface area contributed by atoms with E-state index in [0.29, 0.717) is 37.5 Å². The molecular formula is C21H24N4O4. The summed E-state index contributed by atoms with van der Waals surface area (Å²) in [4.78, 5) is 15.8. The molecule has 0 atom stereocenters. The standard InChI is InChI=1S/C21H24N4O4/c1-15-18(23-20(29-15)16-6-4-3-5-7-16)14-28-19-12-17(13-26-2)22-21(24-19)25-8-10-27-11-9-25/h3-7,12H,8-11,13-14H2,1-2H3. The topological polar surface area (TPSA) is 82.7 Å². The number of aryl methyl sites for hydroxylation is 1. The predicted octanol–water partition coefficient (Wildman–Crippen LogP) is 3.00. The Morgan fingerprint density at radius 2 is 1.83 bits per heavy atom. The fourth-order valence-corrected chi connectivity index (χ4v) is 3.07.